The van der Waals surface area contributed by atoms with Crippen LogP contribution in [0.3, 0.4) is 0 Å². The maximum absolute atomic E-state index is 11.1. The van der Waals surface area contributed by atoms with Crippen LogP contribution in [0, 0.1) is 0 Å². The van der Waals surface area contributed by atoms with E-state index in [-0.39, 0.29) is 25.0 Å². The number of esters is 1. The summed E-state index contributed by atoms with van der Waals surface area (Å²) < 4.78 is 4.65. The van der Waals surface area contributed by atoms with E-state index in [0.29, 0.717) is 19.3 Å². The summed E-state index contributed by atoms with van der Waals surface area (Å²) in [5.41, 5.74) is 5.14. The Morgan fingerprint density at radius 3 is 2.44 bits per heavy atom. The van der Waals surface area contributed by atoms with Crippen LogP contribution in [0.1, 0.15) is 25.7 Å². The fourth-order valence-electron chi connectivity index (χ4n) is 1.02. The van der Waals surface area contributed by atoms with Gasteiger partial charge in [0, 0.05) is 6.42 Å². The minimum absolute atomic E-state index is 0.117. The number of aliphatic carboxylic acids is 1. The lowest BCUT2D eigenvalue weighted by molar-refractivity contribution is -0.492. The summed E-state index contributed by atoms with van der Waals surface area (Å²) in [6, 6.07) is -1.21. The number of ether oxygens (including phenoxy) is 1. The third kappa shape index (κ3) is 9.93. The number of carbonyl (C=O) groups is 2. The molecule has 5 N–H and O–H groups in total. The van der Waals surface area contributed by atoms with Crippen LogP contribution in [0.2, 0.25) is 0 Å². The predicted molar refractivity (Wildman–Crippen MR) is 56.4 cm³/mol. The average molecular weight is 266 g/mol. The molecule has 18 heavy (non-hydrogen) atoms. The Morgan fingerprint density at radius 1 is 1.22 bits per heavy atom. The zero-order valence-electron chi connectivity index (χ0n) is 9.82. The standard InChI is InChI=1S/C9H18N2O7/c10-7(9(13)14)6-17-8(12)4-2-1-3-5-18-11(15)16/h7,15-16H,1-6,10H2,(H,13,14). The van der Waals surface area contributed by atoms with E-state index in [0.717, 1.165) is 0 Å². The lowest BCUT2D eigenvalue weighted by atomic mass is 10.2. The molecule has 9 nitrogen and oxygen atoms in total. The molecule has 0 aliphatic heterocycles. The Kier molecular flexibility index (Phi) is 9.06. The molecule has 0 radical (unpaired) electrons. The number of hydrogen-bond donors (Lipinski definition) is 4. The molecule has 0 aliphatic rings. The van der Waals surface area contributed by atoms with Gasteiger partial charge < -0.3 is 15.6 Å². The number of hydrogen-bond acceptors (Lipinski definition) is 8. The molecule has 106 valence electrons. The number of nitrogens with zero attached hydrogens (tertiary/aromatic N) is 1. The first-order valence-electron chi connectivity index (χ1n) is 5.38. The number of carboxylic acid groups (broad SMARTS) is 1. The van der Waals surface area contributed by atoms with Crippen LogP contribution < -0.4 is 5.73 Å². The van der Waals surface area contributed by atoms with Gasteiger partial charge in [0.05, 0.1) is 12.0 Å². The number of rotatable bonds is 10. The minimum Gasteiger partial charge on any atom is -0.480 e. The molecule has 0 aromatic carbocycles. The largest absolute Gasteiger partial charge is 0.480 e. The van der Waals surface area contributed by atoms with Crippen molar-refractivity contribution in [1.82, 2.24) is 5.39 Å². The quantitative estimate of drug-likeness (QED) is 0.234. The lowest BCUT2D eigenvalue weighted by Crippen LogP contribution is -2.35. The van der Waals surface area contributed by atoms with E-state index in [1.54, 1.807) is 0 Å². The molecular weight excluding hydrogens is 248 g/mol. The molecule has 0 bridgehead atoms. The second-order valence-corrected chi connectivity index (χ2v) is 3.52. The van der Waals surface area contributed by atoms with Crippen molar-refractivity contribution in [2.24, 2.45) is 5.73 Å². The number of unbranched alkanes of at least 4 members (excludes halogenated alkanes) is 2. The van der Waals surface area contributed by atoms with Crippen molar-refractivity contribution in [3.05, 3.63) is 0 Å². The molecule has 0 rings (SSSR count). The number of carbonyl (C=O) groups excluding carboxylic acids is 1. The highest BCUT2D eigenvalue weighted by molar-refractivity contribution is 5.74. The van der Waals surface area contributed by atoms with E-state index in [1.807, 2.05) is 0 Å². The second kappa shape index (κ2) is 9.74. The van der Waals surface area contributed by atoms with Crippen molar-refractivity contribution in [1.29, 1.82) is 0 Å². The Bertz CT molecular complexity index is 259. The Morgan fingerprint density at radius 2 is 1.89 bits per heavy atom. The summed E-state index contributed by atoms with van der Waals surface area (Å²) in [6.45, 7) is -0.229. The van der Waals surface area contributed by atoms with Gasteiger partial charge in [0.1, 0.15) is 12.6 Å². The molecule has 0 aromatic rings. The topological polar surface area (TPSA) is 143 Å². The molecular formula is C9H18N2O7. The summed E-state index contributed by atoms with van der Waals surface area (Å²) >= 11 is 0. The molecule has 0 amide bonds. The summed E-state index contributed by atoms with van der Waals surface area (Å²) in [7, 11) is 0. The van der Waals surface area contributed by atoms with E-state index in [4.69, 9.17) is 21.3 Å². The van der Waals surface area contributed by atoms with Gasteiger partial charge in [-0.15, -0.1) is 0 Å². The van der Waals surface area contributed by atoms with Gasteiger partial charge in [0.15, 0.2) is 0 Å². The monoisotopic (exact) mass is 266 g/mol. The first-order chi connectivity index (χ1) is 8.43. The summed E-state index contributed by atoms with van der Waals surface area (Å²) in [6.07, 6.45) is 1.85. The fraction of sp³-hybridized carbons (Fsp3) is 0.778. The highest BCUT2D eigenvalue weighted by Crippen LogP contribution is 2.02. The Labute approximate surface area is 104 Å². The van der Waals surface area contributed by atoms with Crippen molar-refractivity contribution in [2.45, 2.75) is 31.7 Å². The van der Waals surface area contributed by atoms with Crippen LogP contribution in [-0.4, -0.2) is 52.1 Å². The third-order valence-electron chi connectivity index (χ3n) is 1.97. The molecule has 0 aromatic heterocycles. The summed E-state index contributed by atoms with van der Waals surface area (Å²) in [5.74, 6) is -1.74. The van der Waals surface area contributed by atoms with Crippen molar-refractivity contribution in [3.63, 3.8) is 0 Å². The van der Waals surface area contributed by atoms with Crippen molar-refractivity contribution in [2.75, 3.05) is 13.2 Å². The maximum Gasteiger partial charge on any atom is 0.324 e. The highest BCUT2D eigenvalue weighted by atomic mass is 17.1. The normalized spacial score (nSPS) is 12.4. The molecule has 1 atom stereocenters. The molecule has 0 fully saturated rings. The zero-order chi connectivity index (χ0) is 14.0. The van der Waals surface area contributed by atoms with Gasteiger partial charge in [0.2, 0.25) is 0 Å². The number of nitrogens with two attached hydrogens (primary N) is 1. The van der Waals surface area contributed by atoms with Crippen molar-refractivity contribution in [3.8, 4) is 0 Å². The van der Waals surface area contributed by atoms with Gasteiger partial charge in [-0.05, 0) is 12.8 Å². The van der Waals surface area contributed by atoms with Crippen LogP contribution in [0.15, 0.2) is 0 Å². The van der Waals surface area contributed by atoms with E-state index < -0.39 is 18.0 Å². The van der Waals surface area contributed by atoms with Crippen LogP contribution in [0.25, 0.3) is 0 Å². The van der Waals surface area contributed by atoms with Crippen LogP contribution >= 0.6 is 0 Å². The Balaban J connectivity index is 3.40. The second-order valence-electron chi connectivity index (χ2n) is 3.52. The van der Waals surface area contributed by atoms with Gasteiger partial charge in [-0.2, -0.15) is 0 Å². The smallest absolute Gasteiger partial charge is 0.324 e. The van der Waals surface area contributed by atoms with Gasteiger partial charge in [0.25, 0.3) is 0 Å². The van der Waals surface area contributed by atoms with Crippen LogP contribution in [0.5, 0.6) is 0 Å². The van der Waals surface area contributed by atoms with Crippen molar-refractivity contribution < 1.29 is 34.7 Å². The van der Waals surface area contributed by atoms with Gasteiger partial charge in [-0.25, -0.2) is 0 Å². The molecule has 9 heteroatoms. The predicted octanol–water partition coefficient (Wildman–Crippen LogP) is -0.486. The summed E-state index contributed by atoms with van der Waals surface area (Å²) in [5, 5.41) is 24.5. The van der Waals surface area contributed by atoms with E-state index in [1.165, 1.54) is 0 Å². The fourth-order valence-corrected chi connectivity index (χ4v) is 1.02. The molecule has 1 unspecified atom stereocenters. The molecule has 0 spiro atoms. The Hall–Kier alpha value is -1.26. The minimum atomic E-state index is -1.22. The van der Waals surface area contributed by atoms with Gasteiger partial charge >= 0.3 is 11.9 Å². The zero-order valence-corrected chi connectivity index (χ0v) is 9.82. The van der Waals surface area contributed by atoms with Crippen LogP contribution in [0.4, 0.5) is 0 Å². The van der Waals surface area contributed by atoms with Gasteiger partial charge in [-0.1, -0.05) is 6.42 Å². The summed E-state index contributed by atoms with van der Waals surface area (Å²) in [4.78, 5) is 25.7. The van der Waals surface area contributed by atoms with E-state index in [9.17, 15) is 9.59 Å². The third-order valence-corrected chi connectivity index (χ3v) is 1.97. The van der Waals surface area contributed by atoms with Gasteiger partial charge in [-0.3, -0.25) is 24.8 Å². The van der Waals surface area contributed by atoms with Crippen molar-refractivity contribution >= 4 is 11.9 Å². The first-order valence-corrected chi connectivity index (χ1v) is 5.38. The molecule has 0 heterocycles. The average Bonchev–Trinajstić information content (AvgIpc) is 2.29. The lowest BCUT2D eigenvalue weighted by Gasteiger charge is -2.08. The van der Waals surface area contributed by atoms with Crippen LogP contribution in [-0.2, 0) is 19.2 Å². The first kappa shape index (κ1) is 16.7. The number of carboxylic acids is 1. The van der Waals surface area contributed by atoms with E-state index >= 15 is 0 Å². The highest BCUT2D eigenvalue weighted by Gasteiger charge is 2.13. The SMILES string of the molecule is NC(COC(=O)CCCCCON(O)O)C(=O)O. The molecule has 0 aliphatic carbocycles. The maximum atomic E-state index is 11.1. The molecule has 0 saturated heterocycles. The van der Waals surface area contributed by atoms with E-state index in [2.05, 4.69) is 9.57 Å². The molecule has 0 saturated carbocycles.